The van der Waals surface area contributed by atoms with Crippen LogP contribution >= 0.6 is 0 Å². The summed E-state index contributed by atoms with van der Waals surface area (Å²) in [6, 6.07) is 14.3. The summed E-state index contributed by atoms with van der Waals surface area (Å²) < 4.78 is 17.5. The maximum Gasteiger partial charge on any atom is 0.255 e. The number of aliphatic hydroxyl groups excluding tert-OH is 1. The third-order valence-electron chi connectivity index (χ3n) is 6.13. The number of hydrogen-bond acceptors (Lipinski definition) is 7. The van der Waals surface area contributed by atoms with Crippen molar-refractivity contribution in [2.45, 2.75) is 24.5 Å². The second-order valence-corrected chi connectivity index (χ2v) is 8.43. The van der Waals surface area contributed by atoms with Crippen molar-refractivity contribution >= 4 is 17.5 Å². The van der Waals surface area contributed by atoms with Gasteiger partial charge < -0.3 is 24.2 Å². The van der Waals surface area contributed by atoms with Crippen molar-refractivity contribution in [1.29, 1.82) is 0 Å². The lowest BCUT2D eigenvalue weighted by Gasteiger charge is -2.36. The van der Waals surface area contributed by atoms with Crippen molar-refractivity contribution in [3.63, 3.8) is 0 Å². The minimum atomic E-state index is -1.33. The number of carbonyl (C=O) groups excluding carboxylic acids is 1. The van der Waals surface area contributed by atoms with E-state index in [2.05, 4.69) is 16.6 Å². The molecule has 0 bridgehead atoms. The molecule has 1 fully saturated rings. The third-order valence-corrected chi connectivity index (χ3v) is 6.13. The van der Waals surface area contributed by atoms with Gasteiger partial charge in [0.25, 0.3) is 5.91 Å². The monoisotopic (exact) mass is 491 g/mol. The summed E-state index contributed by atoms with van der Waals surface area (Å²) in [6.45, 7) is 6.16. The molecule has 2 aromatic rings. The molecule has 10 heteroatoms. The van der Waals surface area contributed by atoms with Gasteiger partial charge in [-0.2, -0.15) is 0 Å². The van der Waals surface area contributed by atoms with E-state index in [1.807, 2.05) is 18.2 Å². The van der Waals surface area contributed by atoms with E-state index in [9.17, 15) is 4.79 Å². The van der Waals surface area contributed by atoms with Crippen molar-refractivity contribution in [3.05, 3.63) is 82.8 Å². The van der Waals surface area contributed by atoms with E-state index in [4.69, 9.17) is 29.8 Å². The van der Waals surface area contributed by atoms with Crippen LogP contribution in [-0.4, -0.2) is 66.9 Å². The lowest BCUT2D eigenvalue weighted by Crippen LogP contribution is -2.53. The molecule has 188 valence electrons. The van der Waals surface area contributed by atoms with Crippen LogP contribution in [0.4, 0.5) is 5.69 Å². The number of benzene rings is 2. The number of ether oxygens (including phenoxy) is 3. The lowest BCUT2D eigenvalue weighted by molar-refractivity contribution is -0.143. The largest absolute Gasteiger partial charge is 0.494 e. The van der Waals surface area contributed by atoms with Gasteiger partial charge in [0.15, 0.2) is 11.6 Å². The van der Waals surface area contributed by atoms with Gasteiger partial charge in [-0.1, -0.05) is 35.5 Å². The van der Waals surface area contributed by atoms with Crippen molar-refractivity contribution in [3.8, 4) is 5.75 Å². The van der Waals surface area contributed by atoms with Crippen LogP contribution in [-0.2, 0) is 14.3 Å². The molecule has 0 aliphatic carbocycles. The molecule has 0 radical (unpaired) electrons. The molecular weight excluding hydrogens is 462 g/mol. The highest BCUT2D eigenvalue weighted by Crippen LogP contribution is 2.46. The van der Waals surface area contributed by atoms with Gasteiger partial charge in [-0.05, 0) is 29.8 Å². The molecule has 2 aliphatic rings. The van der Waals surface area contributed by atoms with Gasteiger partial charge in [0, 0.05) is 54.3 Å². The molecule has 36 heavy (non-hydrogen) atoms. The first kappa shape index (κ1) is 25.2. The number of carbonyl (C=O) groups is 1. The number of amides is 1. The number of rotatable bonds is 10. The van der Waals surface area contributed by atoms with Crippen LogP contribution in [0.2, 0.25) is 0 Å². The predicted octanol–water partition coefficient (Wildman–Crippen LogP) is 4.08. The van der Waals surface area contributed by atoms with E-state index in [1.165, 1.54) is 0 Å². The summed E-state index contributed by atoms with van der Waals surface area (Å²) in [4.78, 5) is 23.6. The summed E-state index contributed by atoms with van der Waals surface area (Å²) in [5.74, 6) is 0.768. The normalized spacial score (nSPS) is 21.2. The van der Waals surface area contributed by atoms with Gasteiger partial charge in [0.2, 0.25) is 5.90 Å². The smallest absolute Gasteiger partial charge is 0.255 e. The fourth-order valence-electron chi connectivity index (χ4n) is 4.39. The van der Waals surface area contributed by atoms with Crippen LogP contribution in [0.3, 0.4) is 0 Å². The van der Waals surface area contributed by atoms with Crippen LogP contribution in [0.5, 0.6) is 5.75 Å². The summed E-state index contributed by atoms with van der Waals surface area (Å²) in [5, 5.41) is 12.8. The van der Waals surface area contributed by atoms with Gasteiger partial charge in [0.05, 0.1) is 19.8 Å². The summed E-state index contributed by atoms with van der Waals surface area (Å²) in [6.07, 6.45) is 1.60. The topological polar surface area (TPSA) is 129 Å². The predicted molar refractivity (Wildman–Crippen MR) is 134 cm³/mol. The first-order valence-electron chi connectivity index (χ1n) is 11.9. The van der Waals surface area contributed by atoms with Gasteiger partial charge >= 0.3 is 0 Å². The van der Waals surface area contributed by atoms with E-state index in [-0.39, 0.29) is 18.9 Å². The zero-order valence-corrected chi connectivity index (χ0v) is 20.0. The van der Waals surface area contributed by atoms with Crippen molar-refractivity contribution in [2.24, 2.45) is 10.1 Å². The van der Waals surface area contributed by atoms with Crippen molar-refractivity contribution < 1.29 is 24.1 Å². The fraction of sp³-hybridized carbons (Fsp3) is 0.385. The summed E-state index contributed by atoms with van der Waals surface area (Å²) >= 11 is 0. The number of hydrogen-bond donors (Lipinski definition) is 1. The molecule has 0 unspecified atom stereocenters. The molecular formula is C26H29N5O5. The Hall–Kier alpha value is -3.85. The molecule has 1 amide bonds. The number of morpholine rings is 1. The average Bonchev–Trinajstić information content (AvgIpc) is 3.30. The van der Waals surface area contributed by atoms with Crippen molar-refractivity contribution in [2.75, 3.05) is 39.5 Å². The molecule has 10 nitrogen and oxygen atoms in total. The summed E-state index contributed by atoms with van der Waals surface area (Å²) in [5.41, 5.74) is 9.42. The van der Waals surface area contributed by atoms with E-state index >= 15 is 0 Å². The zero-order chi connectivity index (χ0) is 25.4. The molecule has 2 heterocycles. The Labute approximate surface area is 209 Å². The quantitative estimate of drug-likeness (QED) is 0.176. The van der Waals surface area contributed by atoms with Crippen LogP contribution in [0.15, 0.2) is 71.3 Å². The molecule has 2 aromatic carbocycles. The minimum Gasteiger partial charge on any atom is -0.494 e. The van der Waals surface area contributed by atoms with Crippen molar-refractivity contribution in [1.82, 2.24) is 4.90 Å². The molecule has 0 aromatic heterocycles. The fourth-order valence-corrected chi connectivity index (χ4v) is 4.39. The second kappa shape index (κ2) is 11.7. The Balaban J connectivity index is 1.76. The van der Waals surface area contributed by atoms with Gasteiger partial charge in [-0.3, -0.25) is 4.79 Å². The standard InChI is InChI=1S/C26H29N5O5/c1-2-12-26(25(33)31-13-17-34-18-14-31)23(21-6-3-4-7-22(21)29-30-27)36-24(28-26)19-8-10-20(11-9-19)35-16-5-15-32/h2-4,6-11,23,32H,1,5,12-18H2/t23-,26-/m0/s1. The Kier molecular flexibility index (Phi) is 8.22. The molecule has 1 N–H and O–H groups in total. The highest BCUT2D eigenvalue weighted by Gasteiger charge is 2.54. The maximum atomic E-state index is 14.0. The Bertz CT molecular complexity index is 1160. The average molecular weight is 492 g/mol. The first-order valence-corrected chi connectivity index (χ1v) is 11.9. The van der Waals surface area contributed by atoms with Crippen LogP contribution in [0, 0.1) is 0 Å². The minimum absolute atomic E-state index is 0.0595. The molecule has 0 saturated carbocycles. The van der Waals surface area contributed by atoms with E-state index in [0.29, 0.717) is 67.8 Å². The second-order valence-electron chi connectivity index (χ2n) is 8.43. The molecule has 0 spiro atoms. The Morgan fingerprint density at radius 3 is 2.72 bits per heavy atom. The first-order chi connectivity index (χ1) is 17.6. The maximum absolute atomic E-state index is 14.0. The SMILES string of the molecule is C=CC[C@]1(C(=O)N2CCOCC2)N=C(c2ccc(OCCCO)cc2)O[C@H]1c1ccccc1N=[N+]=[N-]. The number of nitrogens with zero attached hydrogens (tertiary/aromatic N) is 5. The highest BCUT2D eigenvalue weighted by molar-refractivity contribution is 6.01. The Morgan fingerprint density at radius 1 is 1.28 bits per heavy atom. The van der Waals surface area contributed by atoms with Crippen LogP contribution < -0.4 is 4.74 Å². The van der Waals surface area contributed by atoms with Gasteiger partial charge in [-0.15, -0.1) is 6.58 Å². The lowest BCUT2D eigenvalue weighted by atomic mass is 9.83. The van der Waals surface area contributed by atoms with Crippen LogP contribution in [0.1, 0.15) is 30.1 Å². The number of azide groups is 1. The Morgan fingerprint density at radius 2 is 2.03 bits per heavy atom. The van der Waals surface area contributed by atoms with E-state index in [1.54, 1.807) is 41.3 Å². The highest BCUT2D eigenvalue weighted by atomic mass is 16.5. The third kappa shape index (κ3) is 5.21. The van der Waals surface area contributed by atoms with E-state index in [0.717, 1.165) is 0 Å². The van der Waals surface area contributed by atoms with E-state index < -0.39 is 11.6 Å². The molecule has 2 aliphatic heterocycles. The zero-order valence-electron chi connectivity index (χ0n) is 20.0. The summed E-state index contributed by atoms with van der Waals surface area (Å²) in [7, 11) is 0. The van der Waals surface area contributed by atoms with Gasteiger partial charge in [-0.25, -0.2) is 4.99 Å². The molecule has 2 atom stereocenters. The molecule has 4 rings (SSSR count). The molecule has 1 saturated heterocycles. The van der Waals surface area contributed by atoms with Crippen LogP contribution in [0.25, 0.3) is 10.4 Å². The number of aliphatic hydroxyl groups is 1. The number of aliphatic imine (C=N–C) groups is 1. The van der Waals surface area contributed by atoms with Gasteiger partial charge in [0.1, 0.15) is 5.75 Å².